The minimum Gasteiger partial charge on any atom is -0.337 e. The van der Waals surface area contributed by atoms with E-state index in [1.165, 1.54) is 0 Å². The zero-order valence-electron chi connectivity index (χ0n) is 16.8. The number of urea groups is 1. The minimum absolute atomic E-state index is 0. The zero-order chi connectivity index (χ0) is 18.9. The van der Waals surface area contributed by atoms with Gasteiger partial charge in [-0.3, -0.25) is 9.80 Å². The van der Waals surface area contributed by atoms with Crippen LogP contribution in [0.15, 0.2) is 60.7 Å². The molecule has 5 heteroatoms. The Labute approximate surface area is 170 Å². The molecule has 2 aromatic carbocycles. The van der Waals surface area contributed by atoms with E-state index in [4.69, 9.17) is 0 Å². The van der Waals surface area contributed by atoms with Crippen LogP contribution < -0.4 is 10.2 Å². The van der Waals surface area contributed by atoms with E-state index in [1.54, 1.807) is 4.90 Å². The van der Waals surface area contributed by atoms with E-state index in [2.05, 4.69) is 37.9 Å². The topological polar surface area (TPSA) is 35.6 Å². The fourth-order valence-electron chi connectivity index (χ4n) is 3.19. The zero-order valence-corrected chi connectivity index (χ0v) is 17.6. The molecule has 0 radical (unpaired) electrons. The summed E-state index contributed by atoms with van der Waals surface area (Å²) in [5.41, 5.74) is 1.73. The van der Waals surface area contributed by atoms with E-state index in [0.717, 1.165) is 24.3 Å². The Bertz CT molecular complexity index is 614. The van der Waals surface area contributed by atoms with Crippen LogP contribution in [0.1, 0.15) is 34.1 Å². The van der Waals surface area contributed by atoms with E-state index in [0.29, 0.717) is 18.6 Å². The van der Waals surface area contributed by atoms with Crippen molar-refractivity contribution in [3.63, 3.8) is 0 Å². The van der Waals surface area contributed by atoms with E-state index in [-0.39, 0.29) is 18.4 Å². The van der Waals surface area contributed by atoms with Gasteiger partial charge in [0.1, 0.15) is 0 Å². The van der Waals surface area contributed by atoms with E-state index in [1.807, 2.05) is 60.7 Å². The molecule has 2 amide bonds. The summed E-state index contributed by atoms with van der Waals surface area (Å²) in [5.74, 6) is 0. The number of amides is 2. The molecule has 0 spiro atoms. The van der Waals surface area contributed by atoms with Crippen LogP contribution in [0.3, 0.4) is 0 Å². The lowest BCUT2D eigenvalue weighted by atomic mass is 10.2. The quantitative estimate of drug-likeness (QED) is 0.608. The van der Waals surface area contributed by atoms with Crippen LogP contribution in [-0.2, 0) is 0 Å². The standard InChI is InChI=1S/C22H31N3O.ClH/c1-18(2)24(19(3)4)17-11-16-23-22(26)25(20-12-7-5-8-13-20)21-14-9-6-10-15-21;/h5-10,12-15,18-19H,11,16-17H2,1-4H3,(H,23,26);1H. The van der Waals surface area contributed by atoms with Crippen molar-refractivity contribution >= 4 is 29.8 Å². The number of carbonyl (C=O) groups excluding carboxylic acids is 1. The lowest BCUT2D eigenvalue weighted by molar-refractivity contribution is 0.173. The van der Waals surface area contributed by atoms with E-state index >= 15 is 0 Å². The molecule has 1 N–H and O–H groups in total. The number of hydrogen-bond acceptors (Lipinski definition) is 2. The highest BCUT2D eigenvalue weighted by Crippen LogP contribution is 2.24. The molecular formula is C22H32ClN3O. The first-order valence-electron chi connectivity index (χ1n) is 9.44. The van der Waals surface area contributed by atoms with Crippen molar-refractivity contribution in [3.05, 3.63) is 60.7 Å². The predicted molar refractivity (Wildman–Crippen MR) is 117 cm³/mol. The van der Waals surface area contributed by atoms with Crippen molar-refractivity contribution in [1.29, 1.82) is 0 Å². The third kappa shape index (κ3) is 6.89. The Morgan fingerprint density at radius 1 is 0.852 bits per heavy atom. The maximum Gasteiger partial charge on any atom is 0.326 e. The maximum atomic E-state index is 12.9. The van der Waals surface area contributed by atoms with Crippen LogP contribution in [0.5, 0.6) is 0 Å². The van der Waals surface area contributed by atoms with Crippen molar-refractivity contribution in [2.45, 2.75) is 46.2 Å². The summed E-state index contributed by atoms with van der Waals surface area (Å²) >= 11 is 0. The number of nitrogens with zero attached hydrogens (tertiary/aromatic N) is 2. The average Bonchev–Trinajstić information content (AvgIpc) is 2.63. The van der Waals surface area contributed by atoms with Gasteiger partial charge in [0.15, 0.2) is 0 Å². The van der Waals surface area contributed by atoms with Gasteiger partial charge in [-0.15, -0.1) is 12.4 Å². The van der Waals surface area contributed by atoms with Gasteiger partial charge in [0, 0.05) is 25.2 Å². The highest BCUT2D eigenvalue weighted by molar-refractivity contribution is 5.99. The lowest BCUT2D eigenvalue weighted by Crippen LogP contribution is -2.41. The molecule has 148 valence electrons. The third-order valence-corrected chi connectivity index (χ3v) is 4.43. The Morgan fingerprint density at radius 3 is 1.70 bits per heavy atom. The molecular weight excluding hydrogens is 358 g/mol. The molecule has 0 unspecified atom stereocenters. The van der Waals surface area contributed by atoms with Crippen molar-refractivity contribution < 1.29 is 4.79 Å². The van der Waals surface area contributed by atoms with Gasteiger partial charge in [0.2, 0.25) is 0 Å². The number of benzene rings is 2. The smallest absolute Gasteiger partial charge is 0.326 e. The molecule has 0 aliphatic heterocycles. The molecule has 0 aliphatic carbocycles. The number of hydrogen-bond donors (Lipinski definition) is 1. The summed E-state index contributed by atoms with van der Waals surface area (Å²) in [5, 5.41) is 3.07. The fraction of sp³-hybridized carbons (Fsp3) is 0.409. The SMILES string of the molecule is CC(C)N(CCCNC(=O)N(c1ccccc1)c1ccccc1)C(C)C.Cl. The van der Waals surface area contributed by atoms with Gasteiger partial charge in [0.05, 0.1) is 11.4 Å². The second kappa shape index (κ2) is 11.6. The third-order valence-electron chi connectivity index (χ3n) is 4.43. The van der Waals surface area contributed by atoms with Gasteiger partial charge < -0.3 is 5.32 Å². The second-order valence-electron chi connectivity index (χ2n) is 7.02. The molecule has 2 aromatic rings. The number of nitrogens with one attached hydrogen (secondary N) is 1. The summed E-state index contributed by atoms with van der Waals surface area (Å²) in [6.07, 6.45) is 0.930. The van der Waals surface area contributed by atoms with Crippen molar-refractivity contribution in [1.82, 2.24) is 10.2 Å². The Hall–Kier alpha value is -2.04. The van der Waals surface area contributed by atoms with Crippen LogP contribution in [-0.4, -0.2) is 36.1 Å². The molecule has 0 fully saturated rings. The average molecular weight is 390 g/mol. The first-order chi connectivity index (χ1) is 12.5. The number of anilines is 2. The monoisotopic (exact) mass is 389 g/mol. The largest absolute Gasteiger partial charge is 0.337 e. The van der Waals surface area contributed by atoms with Gasteiger partial charge >= 0.3 is 6.03 Å². The van der Waals surface area contributed by atoms with Gasteiger partial charge in [0.25, 0.3) is 0 Å². The number of carbonyl (C=O) groups is 1. The van der Waals surface area contributed by atoms with Gasteiger partial charge in [-0.05, 0) is 58.4 Å². The summed E-state index contributed by atoms with van der Waals surface area (Å²) in [4.78, 5) is 17.0. The molecule has 4 nitrogen and oxygen atoms in total. The van der Waals surface area contributed by atoms with Crippen LogP contribution in [0.25, 0.3) is 0 Å². The molecule has 0 saturated heterocycles. The Balaban J connectivity index is 0.00000364. The molecule has 2 rings (SSSR count). The van der Waals surface area contributed by atoms with Crippen LogP contribution in [0.4, 0.5) is 16.2 Å². The first-order valence-corrected chi connectivity index (χ1v) is 9.44. The van der Waals surface area contributed by atoms with Crippen LogP contribution >= 0.6 is 12.4 Å². The first kappa shape index (κ1) is 23.0. The predicted octanol–water partition coefficient (Wildman–Crippen LogP) is 5.47. The molecule has 0 atom stereocenters. The van der Waals surface area contributed by atoms with Crippen molar-refractivity contribution in [2.24, 2.45) is 0 Å². The highest BCUT2D eigenvalue weighted by atomic mass is 35.5. The number of para-hydroxylation sites is 2. The molecule has 0 aromatic heterocycles. The van der Waals surface area contributed by atoms with Crippen LogP contribution in [0.2, 0.25) is 0 Å². The Morgan fingerprint density at radius 2 is 1.30 bits per heavy atom. The normalized spacial score (nSPS) is 10.8. The second-order valence-corrected chi connectivity index (χ2v) is 7.02. The number of halogens is 1. The fourth-order valence-corrected chi connectivity index (χ4v) is 3.19. The van der Waals surface area contributed by atoms with Crippen molar-refractivity contribution in [2.75, 3.05) is 18.0 Å². The Kier molecular flexibility index (Phi) is 9.90. The highest BCUT2D eigenvalue weighted by Gasteiger charge is 2.18. The lowest BCUT2D eigenvalue weighted by Gasteiger charge is -2.30. The molecule has 0 aliphatic rings. The molecule has 27 heavy (non-hydrogen) atoms. The van der Waals surface area contributed by atoms with E-state index < -0.39 is 0 Å². The summed E-state index contributed by atoms with van der Waals surface area (Å²) in [6.45, 7) is 10.5. The van der Waals surface area contributed by atoms with Crippen LogP contribution in [0, 0.1) is 0 Å². The van der Waals surface area contributed by atoms with Gasteiger partial charge in [-0.2, -0.15) is 0 Å². The minimum atomic E-state index is -0.0944. The summed E-state index contributed by atoms with van der Waals surface area (Å²) < 4.78 is 0. The summed E-state index contributed by atoms with van der Waals surface area (Å²) in [7, 11) is 0. The van der Waals surface area contributed by atoms with E-state index in [9.17, 15) is 4.79 Å². The van der Waals surface area contributed by atoms with Gasteiger partial charge in [-0.25, -0.2) is 4.79 Å². The molecule has 0 saturated carbocycles. The summed E-state index contributed by atoms with van der Waals surface area (Å²) in [6, 6.07) is 20.4. The van der Waals surface area contributed by atoms with Gasteiger partial charge in [-0.1, -0.05) is 36.4 Å². The molecule has 0 bridgehead atoms. The number of rotatable bonds is 8. The maximum absolute atomic E-state index is 12.9. The van der Waals surface area contributed by atoms with Crippen molar-refractivity contribution in [3.8, 4) is 0 Å². The molecule has 0 heterocycles.